The minimum Gasteiger partial charge on any atom is -0.294 e. The van der Waals surface area contributed by atoms with Crippen LogP contribution < -0.4 is 0 Å². The predicted octanol–water partition coefficient (Wildman–Crippen LogP) is 4.40. The number of rotatable bonds is 2. The fourth-order valence-corrected chi connectivity index (χ4v) is 3.22. The smallest absolute Gasteiger partial charge is 0.170 e. The number of thiazole rings is 1. The van der Waals surface area contributed by atoms with Gasteiger partial charge in [0, 0.05) is 16.9 Å². The second-order valence-corrected chi connectivity index (χ2v) is 7.12. The van der Waals surface area contributed by atoms with Gasteiger partial charge in [-0.1, -0.05) is 26.8 Å². The first kappa shape index (κ1) is 11.8. The van der Waals surface area contributed by atoms with Crippen LogP contribution in [-0.2, 0) is 0 Å². The number of nitrogens with zero attached hydrogens (tertiary/aromatic N) is 1. The SMILES string of the molecule is CC(C)(C)C(=O)c1cccc2sc(C3CC3)nc12. The molecular weight excluding hydrogens is 242 g/mol. The summed E-state index contributed by atoms with van der Waals surface area (Å²) in [5, 5.41) is 1.21. The van der Waals surface area contributed by atoms with Crippen molar-refractivity contribution >= 4 is 27.3 Å². The van der Waals surface area contributed by atoms with E-state index in [1.54, 1.807) is 11.3 Å². The zero-order chi connectivity index (χ0) is 12.9. The largest absolute Gasteiger partial charge is 0.294 e. The molecule has 1 fully saturated rings. The van der Waals surface area contributed by atoms with Crippen LogP contribution >= 0.6 is 11.3 Å². The lowest BCUT2D eigenvalue weighted by Crippen LogP contribution is -2.20. The van der Waals surface area contributed by atoms with Crippen molar-refractivity contribution in [1.29, 1.82) is 0 Å². The molecule has 0 spiro atoms. The van der Waals surface area contributed by atoms with Gasteiger partial charge in [-0.3, -0.25) is 4.79 Å². The Morgan fingerprint density at radius 1 is 1.33 bits per heavy atom. The molecule has 0 aliphatic heterocycles. The number of carbonyl (C=O) groups is 1. The number of ketones is 1. The zero-order valence-corrected chi connectivity index (χ0v) is 11.8. The molecule has 0 atom stereocenters. The molecule has 3 heteroatoms. The highest BCUT2D eigenvalue weighted by atomic mass is 32.1. The minimum absolute atomic E-state index is 0.181. The van der Waals surface area contributed by atoms with Crippen LogP contribution in [0.4, 0.5) is 0 Å². The summed E-state index contributed by atoms with van der Waals surface area (Å²) in [4.78, 5) is 17.1. The van der Waals surface area contributed by atoms with E-state index < -0.39 is 0 Å². The Bertz CT molecular complexity index is 617. The summed E-state index contributed by atoms with van der Waals surface area (Å²) in [5.74, 6) is 0.834. The molecule has 3 rings (SSSR count). The highest BCUT2D eigenvalue weighted by molar-refractivity contribution is 7.18. The molecule has 0 unspecified atom stereocenters. The summed E-state index contributed by atoms with van der Waals surface area (Å²) in [6, 6.07) is 5.95. The zero-order valence-electron chi connectivity index (χ0n) is 11.0. The Labute approximate surface area is 111 Å². The Kier molecular flexibility index (Phi) is 2.56. The highest BCUT2D eigenvalue weighted by Crippen LogP contribution is 2.43. The fraction of sp³-hybridized carbons (Fsp3) is 0.467. The molecule has 1 heterocycles. The summed E-state index contributed by atoms with van der Waals surface area (Å²) in [6.07, 6.45) is 2.50. The van der Waals surface area contributed by atoms with Gasteiger partial charge in [-0.15, -0.1) is 11.3 Å². The van der Waals surface area contributed by atoms with Gasteiger partial charge in [0.2, 0.25) is 0 Å². The predicted molar refractivity (Wildman–Crippen MR) is 75.4 cm³/mol. The molecule has 2 aromatic rings. The molecule has 1 aliphatic rings. The molecule has 0 N–H and O–H groups in total. The van der Waals surface area contributed by atoms with E-state index in [1.165, 1.54) is 17.8 Å². The Balaban J connectivity index is 2.14. The van der Waals surface area contributed by atoms with Gasteiger partial charge in [0.25, 0.3) is 0 Å². The van der Waals surface area contributed by atoms with E-state index in [9.17, 15) is 4.79 Å². The van der Waals surface area contributed by atoms with E-state index in [2.05, 4.69) is 6.07 Å². The molecule has 1 aromatic heterocycles. The molecule has 1 aromatic carbocycles. The topological polar surface area (TPSA) is 30.0 Å². The number of benzene rings is 1. The lowest BCUT2D eigenvalue weighted by atomic mass is 9.86. The van der Waals surface area contributed by atoms with E-state index >= 15 is 0 Å². The van der Waals surface area contributed by atoms with Crippen molar-refractivity contribution in [3.63, 3.8) is 0 Å². The van der Waals surface area contributed by atoms with Crippen molar-refractivity contribution in [2.24, 2.45) is 5.41 Å². The van der Waals surface area contributed by atoms with Crippen LogP contribution in [0.3, 0.4) is 0 Å². The molecule has 0 radical (unpaired) electrons. The molecule has 0 bridgehead atoms. The molecular formula is C15H17NOS. The fourth-order valence-electron chi connectivity index (χ4n) is 2.06. The molecule has 0 amide bonds. The van der Waals surface area contributed by atoms with Crippen LogP contribution in [0.5, 0.6) is 0 Å². The van der Waals surface area contributed by atoms with Crippen LogP contribution in [0.1, 0.15) is 54.9 Å². The van der Waals surface area contributed by atoms with Gasteiger partial charge in [0.15, 0.2) is 5.78 Å². The molecule has 0 saturated heterocycles. The summed E-state index contributed by atoms with van der Waals surface area (Å²) >= 11 is 1.75. The van der Waals surface area contributed by atoms with E-state index in [0.29, 0.717) is 5.92 Å². The maximum atomic E-state index is 12.4. The third-order valence-electron chi connectivity index (χ3n) is 3.29. The van der Waals surface area contributed by atoms with Crippen molar-refractivity contribution in [3.05, 3.63) is 28.8 Å². The minimum atomic E-state index is -0.350. The second kappa shape index (κ2) is 3.89. The Morgan fingerprint density at radius 2 is 2.06 bits per heavy atom. The van der Waals surface area contributed by atoms with Crippen LogP contribution in [0.2, 0.25) is 0 Å². The summed E-state index contributed by atoms with van der Waals surface area (Å²) in [5.41, 5.74) is 1.34. The molecule has 94 valence electrons. The lowest BCUT2D eigenvalue weighted by Gasteiger charge is -2.16. The van der Waals surface area contributed by atoms with Crippen LogP contribution in [-0.4, -0.2) is 10.8 Å². The van der Waals surface area contributed by atoms with Crippen molar-refractivity contribution in [3.8, 4) is 0 Å². The number of carbonyl (C=O) groups excluding carboxylic acids is 1. The Hall–Kier alpha value is -1.22. The van der Waals surface area contributed by atoms with Gasteiger partial charge >= 0.3 is 0 Å². The third kappa shape index (κ3) is 1.97. The van der Waals surface area contributed by atoms with E-state index in [1.807, 2.05) is 32.9 Å². The highest BCUT2D eigenvalue weighted by Gasteiger charge is 2.29. The maximum Gasteiger partial charge on any atom is 0.170 e. The normalized spacial score (nSPS) is 16.2. The maximum absolute atomic E-state index is 12.4. The van der Waals surface area contributed by atoms with Crippen LogP contribution in [0.25, 0.3) is 10.2 Å². The third-order valence-corrected chi connectivity index (χ3v) is 4.47. The van der Waals surface area contributed by atoms with Crippen LogP contribution in [0, 0.1) is 5.41 Å². The van der Waals surface area contributed by atoms with Crippen molar-refractivity contribution in [2.75, 3.05) is 0 Å². The van der Waals surface area contributed by atoms with Crippen molar-refractivity contribution in [2.45, 2.75) is 39.5 Å². The van der Waals surface area contributed by atoms with Gasteiger partial charge in [0.1, 0.15) is 0 Å². The number of hydrogen-bond donors (Lipinski definition) is 0. The number of hydrogen-bond acceptors (Lipinski definition) is 3. The lowest BCUT2D eigenvalue weighted by molar-refractivity contribution is 0.0860. The van der Waals surface area contributed by atoms with Crippen molar-refractivity contribution in [1.82, 2.24) is 4.98 Å². The summed E-state index contributed by atoms with van der Waals surface area (Å²) in [6.45, 7) is 5.88. The average Bonchev–Trinajstić information content (AvgIpc) is 3.06. The van der Waals surface area contributed by atoms with Gasteiger partial charge in [-0.25, -0.2) is 4.98 Å². The number of para-hydroxylation sites is 1. The quantitative estimate of drug-likeness (QED) is 0.748. The first-order valence-electron chi connectivity index (χ1n) is 6.41. The number of Topliss-reactive ketones (excluding diaryl/α,β-unsaturated/α-hetero) is 1. The first-order valence-corrected chi connectivity index (χ1v) is 7.23. The second-order valence-electron chi connectivity index (χ2n) is 6.06. The monoisotopic (exact) mass is 259 g/mol. The van der Waals surface area contributed by atoms with E-state index in [-0.39, 0.29) is 11.2 Å². The van der Waals surface area contributed by atoms with Gasteiger partial charge in [0.05, 0.1) is 15.2 Å². The Morgan fingerprint density at radius 3 is 2.67 bits per heavy atom. The van der Waals surface area contributed by atoms with Gasteiger partial charge < -0.3 is 0 Å². The summed E-state index contributed by atoms with van der Waals surface area (Å²) < 4.78 is 1.15. The van der Waals surface area contributed by atoms with Gasteiger partial charge in [-0.05, 0) is 25.0 Å². The molecule has 1 saturated carbocycles. The molecule has 2 nitrogen and oxygen atoms in total. The summed E-state index contributed by atoms with van der Waals surface area (Å²) in [7, 11) is 0. The van der Waals surface area contributed by atoms with Gasteiger partial charge in [-0.2, -0.15) is 0 Å². The number of aromatic nitrogens is 1. The molecule has 1 aliphatic carbocycles. The molecule has 18 heavy (non-hydrogen) atoms. The van der Waals surface area contributed by atoms with E-state index in [0.717, 1.165) is 15.8 Å². The number of fused-ring (bicyclic) bond motifs is 1. The first-order chi connectivity index (χ1) is 8.47. The van der Waals surface area contributed by atoms with E-state index in [4.69, 9.17) is 4.98 Å². The van der Waals surface area contributed by atoms with Crippen molar-refractivity contribution < 1.29 is 4.79 Å². The standard InChI is InChI=1S/C15H17NOS/c1-15(2,3)13(17)10-5-4-6-11-12(10)16-14(18-11)9-7-8-9/h4-6,9H,7-8H2,1-3H3. The average molecular weight is 259 g/mol. The van der Waals surface area contributed by atoms with Crippen LogP contribution in [0.15, 0.2) is 18.2 Å².